The Kier molecular flexibility index (Phi) is 3.32. The minimum atomic E-state index is -0.676. The van der Waals surface area contributed by atoms with Crippen LogP contribution in [-0.4, -0.2) is 11.8 Å². The van der Waals surface area contributed by atoms with Gasteiger partial charge in [-0.3, -0.25) is 14.9 Å². The van der Waals surface area contributed by atoms with Crippen molar-refractivity contribution in [2.45, 2.75) is 26.7 Å². The summed E-state index contributed by atoms with van der Waals surface area (Å²) in [6.07, 6.45) is 0. The van der Waals surface area contributed by atoms with Gasteiger partial charge >= 0.3 is 0 Å². The Hall–Kier alpha value is -1.16. The third-order valence-corrected chi connectivity index (χ3v) is 4.82. The third-order valence-electron chi connectivity index (χ3n) is 4.29. The molecule has 96 valence electrons. The van der Waals surface area contributed by atoms with Gasteiger partial charge in [-0.2, -0.15) is 0 Å². The van der Waals surface area contributed by atoms with Crippen molar-refractivity contribution in [3.05, 3.63) is 34.3 Å². The van der Waals surface area contributed by atoms with Gasteiger partial charge in [0.15, 0.2) is 0 Å². The SMILES string of the molecule is C[C@H](c1ccc(Br)cc1)[C@@]1(C)C(=O)NC(=O)[C@@H]1C. The Morgan fingerprint density at radius 1 is 1.28 bits per heavy atom. The molecule has 1 heterocycles. The number of benzene rings is 1. The molecular formula is C14H16BrNO2. The van der Waals surface area contributed by atoms with Crippen molar-refractivity contribution in [2.24, 2.45) is 11.3 Å². The number of nitrogens with one attached hydrogen (secondary N) is 1. The molecular weight excluding hydrogens is 294 g/mol. The molecule has 1 saturated heterocycles. The molecule has 0 aliphatic carbocycles. The Morgan fingerprint density at radius 2 is 1.83 bits per heavy atom. The predicted octanol–water partition coefficient (Wildman–Crippen LogP) is 2.85. The van der Waals surface area contributed by atoms with E-state index in [1.54, 1.807) is 0 Å². The maximum Gasteiger partial charge on any atom is 0.233 e. The van der Waals surface area contributed by atoms with Gasteiger partial charge in [0.25, 0.3) is 0 Å². The number of hydrogen-bond donors (Lipinski definition) is 1. The van der Waals surface area contributed by atoms with E-state index in [1.807, 2.05) is 45.0 Å². The molecule has 0 bridgehead atoms. The lowest BCUT2D eigenvalue weighted by atomic mass is 9.68. The molecule has 0 saturated carbocycles. The fourth-order valence-electron chi connectivity index (χ4n) is 2.49. The van der Waals surface area contributed by atoms with E-state index in [-0.39, 0.29) is 23.7 Å². The van der Waals surface area contributed by atoms with Crippen LogP contribution in [0.4, 0.5) is 0 Å². The lowest BCUT2D eigenvalue weighted by Gasteiger charge is -2.32. The zero-order valence-electron chi connectivity index (χ0n) is 10.7. The van der Waals surface area contributed by atoms with Crippen LogP contribution < -0.4 is 5.32 Å². The smallest absolute Gasteiger partial charge is 0.233 e. The zero-order valence-corrected chi connectivity index (χ0v) is 12.2. The summed E-state index contributed by atoms with van der Waals surface area (Å²) in [7, 11) is 0. The normalized spacial score (nSPS) is 29.2. The Balaban J connectivity index is 2.38. The van der Waals surface area contributed by atoms with Crippen molar-refractivity contribution in [3.8, 4) is 0 Å². The van der Waals surface area contributed by atoms with E-state index in [4.69, 9.17) is 0 Å². The highest BCUT2D eigenvalue weighted by Gasteiger charge is 2.52. The van der Waals surface area contributed by atoms with E-state index in [0.29, 0.717) is 0 Å². The summed E-state index contributed by atoms with van der Waals surface area (Å²) in [6.45, 7) is 5.68. The molecule has 4 heteroatoms. The van der Waals surface area contributed by atoms with Gasteiger partial charge in [-0.15, -0.1) is 0 Å². The first-order valence-corrected chi connectivity index (χ1v) is 6.77. The summed E-state index contributed by atoms with van der Waals surface area (Å²) >= 11 is 3.39. The molecule has 1 aromatic rings. The van der Waals surface area contributed by atoms with Crippen LogP contribution in [0.3, 0.4) is 0 Å². The van der Waals surface area contributed by atoms with Gasteiger partial charge in [-0.25, -0.2) is 0 Å². The molecule has 2 amide bonds. The van der Waals surface area contributed by atoms with Crippen LogP contribution >= 0.6 is 15.9 Å². The average Bonchev–Trinajstić information content (AvgIpc) is 2.54. The molecule has 1 aliphatic heterocycles. The van der Waals surface area contributed by atoms with Crippen LogP contribution in [0.5, 0.6) is 0 Å². The summed E-state index contributed by atoms with van der Waals surface area (Å²) in [4.78, 5) is 23.7. The first-order valence-electron chi connectivity index (χ1n) is 5.98. The van der Waals surface area contributed by atoms with Crippen LogP contribution in [0.15, 0.2) is 28.7 Å². The molecule has 2 rings (SSSR count). The lowest BCUT2D eigenvalue weighted by Crippen LogP contribution is -2.36. The minimum absolute atomic E-state index is 0.00736. The lowest BCUT2D eigenvalue weighted by molar-refractivity contribution is -0.129. The summed E-state index contributed by atoms with van der Waals surface area (Å²) in [5.41, 5.74) is 0.391. The maximum absolute atomic E-state index is 12.1. The second-order valence-electron chi connectivity index (χ2n) is 5.10. The molecule has 0 radical (unpaired) electrons. The summed E-state index contributed by atoms with van der Waals surface area (Å²) in [5, 5.41) is 2.43. The minimum Gasteiger partial charge on any atom is -0.296 e. The number of amides is 2. The number of carbonyl (C=O) groups excluding carboxylic acids is 2. The first kappa shape index (κ1) is 13.3. The van der Waals surface area contributed by atoms with Crippen molar-refractivity contribution in [3.63, 3.8) is 0 Å². The maximum atomic E-state index is 12.1. The number of hydrogen-bond acceptors (Lipinski definition) is 2. The molecule has 0 aromatic heterocycles. The number of halogens is 1. The van der Waals surface area contributed by atoms with Gasteiger partial charge in [0.1, 0.15) is 0 Å². The summed E-state index contributed by atoms with van der Waals surface area (Å²) in [5.74, 6) is -0.655. The standard InChI is InChI=1S/C14H16BrNO2/c1-8(10-4-6-11(15)7-5-10)14(3)9(2)12(17)16-13(14)18/h4-9H,1-3H3,(H,16,17,18)/t8-,9+,14-/m1/s1. The van der Waals surface area contributed by atoms with Gasteiger partial charge in [-0.05, 0) is 30.5 Å². The number of carbonyl (C=O) groups is 2. The topological polar surface area (TPSA) is 46.2 Å². The molecule has 1 fully saturated rings. The predicted molar refractivity (Wildman–Crippen MR) is 73.0 cm³/mol. The van der Waals surface area contributed by atoms with Gasteiger partial charge in [0.2, 0.25) is 11.8 Å². The van der Waals surface area contributed by atoms with E-state index in [0.717, 1.165) is 10.0 Å². The van der Waals surface area contributed by atoms with Gasteiger partial charge < -0.3 is 0 Å². The van der Waals surface area contributed by atoms with Crippen molar-refractivity contribution in [1.82, 2.24) is 5.32 Å². The fraction of sp³-hybridized carbons (Fsp3) is 0.429. The number of rotatable bonds is 2. The highest BCUT2D eigenvalue weighted by molar-refractivity contribution is 9.10. The zero-order chi connectivity index (χ0) is 13.5. The molecule has 1 aliphatic rings. The van der Waals surface area contributed by atoms with Crippen LogP contribution in [0.25, 0.3) is 0 Å². The molecule has 0 unspecified atom stereocenters. The Morgan fingerprint density at radius 3 is 2.28 bits per heavy atom. The molecule has 3 atom stereocenters. The molecule has 0 spiro atoms. The average molecular weight is 310 g/mol. The monoisotopic (exact) mass is 309 g/mol. The van der Waals surface area contributed by atoms with E-state index in [2.05, 4.69) is 21.2 Å². The quantitative estimate of drug-likeness (QED) is 0.854. The van der Waals surface area contributed by atoms with Gasteiger partial charge in [-0.1, -0.05) is 41.9 Å². The largest absolute Gasteiger partial charge is 0.296 e. The van der Waals surface area contributed by atoms with Crippen LogP contribution in [-0.2, 0) is 9.59 Å². The van der Waals surface area contributed by atoms with E-state index < -0.39 is 5.41 Å². The molecule has 18 heavy (non-hydrogen) atoms. The van der Waals surface area contributed by atoms with Crippen LogP contribution in [0.1, 0.15) is 32.3 Å². The van der Waals surface area contributed by atoms with E-state index in [1.165, 1.54) is 0 Å². The van der Waals surface area contributed by atoms with Crippen LogP contribution in [0.2, 0.25) is 0 Å². The van der Waals surface area contributed by atoms with Gasteiger partial charge in [0, 0.05) is 4.47 Å². The Labute approximate surface area is 115 Å². The van der Waals surface area contributed by atoms with Crippen molar-refractivity contribution < 1.29 is 9.59 Å². The number of imide groups is 1. The van der Waals surface area contributed by atoms with Gasteiger partial charge in [0.05, 0.1) is 11.3 Å². The third kappa shape index (κ3) is 1.88. The molecule has 1 N–H and O–H groups in total. The summed E-state index contributed by atoms with van der Waals surface area (Å²) < 4.78 is 1.00. The second-order valence-corrected chi connectivity index (χ2v) is 6.01. The van der Waals surface area contributed by atoms with Crippen molar-refractivity contribution >= 4 is 27.7 Å². The highest BCUT2D eigenvalue weighted by atomic mass is 79.9. The highest BCUT2D eigenvalue weighted by Crippen LogP contribution is 2.45. The van der Waals surface area contributed by atoms with E-state index >= 15 is 0 Å². The molecule has 1 aromatic carbocycles. The Bertz CT molecular complexity index is 497. The summed E-state index contributed by atoms with van der Waals surface area (Å²) in [6, 6.07) is 7.88. The second kappa shape index (κ2) is 4.50. The first-order chi connectivity index (χ1) is 8.37. The fourth-order valence-corrected chi connectivity index (χ4v) is 2.76. The van der Waals surface area contributed by atoms with Crippen molar-refractivity contribution in [1.29, 1.82) is 0 Å². The van der Waals surface area contributed by atoms with Crippen LogP contribution in [0, 0.1) is 11.3 Å². The van der Waals surface area contributed by atoms with Crippen molar-refractivity contribution in [2.75, 3.05) is 0 Å². The molecule has 3 nitrogen and oxygen atoms in total. The van der Waals surface area contributed by atoms with E-state index in [9.17, 15) is 9.59 Å².